The van der Waals surface area contributed by atoms with Gasteiger partial charge in [0.05, 0.1) is 4.90 Å². The van der Waals surface area contributed by atoms with Crippen LogP contribution in [0.25, 0.3) is 0 Å². The number of hydrogen-bond acceptors (Lipinski definition) is 4. The minimum Gasteiger partial charge on any atom is -0.342 e. The zero-order valence-corrected chi connectivity index (χ0v) is 16.3. The molecule has 1 N–H and O–H groups in total. The SMILES string of the molecule is CS(=O)(=O)c1ccc2c(c1)CCN2C(=O)NC1CCN(C(=O)C2CC2)CC1. The molecule has 7 nitrogen and oxygen atoms in total. The highest BCUT2D eigenvalue weighted by molar-refractivity contribution is 7.90. The lowest BCUT2D eigenvalue weighted by Gasteiger charge is -2.33. The number of rotatable bonds is 3. The monoisotopic (exact) mass is 391 g/mol. The molecule has 27 heavy (non-hydrogen) atoms. The summed E-state index contributed by atoms with van der Waals surface area (Å²) >= 11 is 0. The molecule has 1 aromatic carbocycles. The molecule has 0 atom stereocenters. The molecule has 1 aromatic rings. The predicted octanol–water partition coefficient (Wildman–Crippen LogP) is 1.56. The van der Waals surface area contributed by atoms with Crippen LogP contribution in [-0.2, 0) is 21.1 Å². The van der Waals surface area contributed by atoms with Gasteiger partial charge >= 0.3 is 6.03 Å². The van der Waals surface area contributed by atoms with Crippen molar-refractivity contribution < 1.29 is 18.0 Å². The molecule has 2 heterocycles. The normalized spacial score (nSPS) is 20.5. The van der Waals surface area contributed by atoms with E-state index in [1.165, 1.54) is 6.26 Å². The Morgan fingerprint density at radius 1 is 1.07 bits per heavy atom. The molecule has 3 aliphatic rings. The first-order valence-corrected chi connectivity index (χ1v) is 11.4. The van der Waals surface area contributed by atoms with Gasteiger partial charge in [-0.05, 0) is 55.9 Å². The third-order valence-electron chi connectivity index (χ3n) is 5.68. The van der Waals surface area contributed by atoms with E-state index in [1.807, 2.05) is 4.90 Å². The van der Waals surface area contributed by atoms with Crippen LogP contribution in [0.4, 0.5) is 10.5 Å². The van der Waals surface area contributed by atoms with Gasteiger partial charge in [0, 0.05) is 43.5 Å². The molecule has 1 aliphatic carbocycles. The topological polar surface area (TPSA) is 86.8 Å². The van der Waals surface area contributed by atoms with Crippen LogP contribution in [-0.4, -0.2) is 57.2 Å². The van der Waals surface area contributed by atoms with Gasteiger partial charge in [0.15, 0.2) is 9.84 Å². The number of piperidine rings is 1. The fourth-order valence-electron chi connectivity index (χ4n) is 3.90. The summed E-state index contributed by atoms with van der Waals surface area (Å²) in [6.07, 6.45) is 5.43. The van der Waals surface area contributed by atoms with Gasteiger partial charge in [0.1, 0.15) is 0 Å². The first-order valence-electron chi connectivity index (χ1n) is 9.53. The van der Waals surface area contributed by atoms with Gasteiger partial charge in [0.25, 0.3) is 0 Å². The van der Waals surface area contributed by atoms with E-state index in [0.29, 0.717) is 26.1 Å². The molecule has 0 bridgehead atoms. The van der Waals surface area contributed by atoms with Crippen molar-refractivity contribution >= 4 is 27.5 Å². The Morgan fingerprint density at radius 2 is 1.78 bits per heavy atom. The number of nitrogens with zero attached hydrogens (tertiary/aromatic N) is 2. The van der Waals surface area contributed by atoms with Crippen LogP contribution >= 0.6 is 0 Å². The number of benzene rings is 1. The molecule has 8 heteroatoms. The second-order valence-corrected chi connectivity index (χ2v) is 9.80. The number of carbonyl (C=O) groups excluding carboxylic acids is 2. The average molecular weight is 391 g/mol. The van der Waals surface area contributed by atoms with E-state index >= 15 is 0 Å². The minimum atomic E-state index is -3.25. The Kier molecular flexibility index (Phi) is 4.61. The van der Waals surface area contributed by atoms with Gasteiger partial charge in [0.2, 0.25) is 5.91 Å². The van der Waals surface area contributed by atoms with Crippen LogP contribution in [0.1, 0.15) is 31.2 Å². The molecule has 4 rings (SSSR count). The van der Waals surface area contributed by atoms with Crippen molar-refractivity contribution in [2.75, 3.05) is 30.8 Å². The number of carbonyl (C=O) groups is 2. The Labute approximate surface area is 159 Å². The second-order valence-electron chi connectivity index (χ2n) is 7.79. The molecule has 3 amide bonds. The largest absolute Gasteiger partial charge is 0.342 e. The standard InChI is InChI=1S/C19H25N3O4S/c1-27(25,26)16-4-5-17-14(12-16)6-11-22(17)19(24)20-15-7-9-21(10-8-15)18(23)13-2-3-13/h4-5,12-13,15H,2-3,6-11H2,1H3,(H,20,24). The van der Waals surface area contributed by atoms with E-state index < -0.39 is 9.84 Å². The Bertz CT molecular complexity index is 871. The highest BCUT2D eigenvalue weighted by Crippen LogP contribution is 2.32. The first-order chi connectivity index (χ1) is 12.8. The number of nitrogens with one attached hydrogen (secondary N) is 1. The van der Waals surface area contributed by atoms with E-state index in [0.717, 1.165) is 36.9 Å². The van der Waals surface area contributed by atoms with Crippen molar-refractivity contribution in [1.29, 1.82) is 0 Å². The molecule has 146 valence electrons. The van der Waals surface area contributed by atoms with Crippen molar-refractivity contribution in [1.82, 2.24) is 10.2 Å². The summed E-state index contributed by atoms with van der Waals surface area (Å²) in [6, 6.07) is 4.87. The fourth-order valence-corrected chi connectivity index (χ4v) is 4.58. The lowest BCUT2D eigenvalue weighted by atomic mass is 10.0. The summed E-state index contributed by atoms with van der Waals surface area (Å²) < 4.78 is 23.4. The number of anilines is 1. The maximum absolute atomic E-state index is 12.7. The molecule has 2 aliphatic heterocycles. The van der Waals surface area contributed by atoms with E-state index in [2.05, 4.69) is 5.32 Å². The quantitative estimate of drug-likeness (QED) is 0.847. The zero-order valence-electron chi connectivity index (χ0n) is 15.5. The smallest absolute Gasteiger partial charge is 0.322 e. The van der Waals surface area contributed by atoms with Crippen molar-refractivity contribution in [3.8, 4) is 0 Å². The molecular formula is C19H25N3O4S. The zero-order chi connectivity index (χ0) is 19.2. The van der Waals surface area contributed by atoms with Crippen LogP contribution in [0.15, 0.2) is 23.1 Å². The number of fused-ring (bicyclic) bond motifs is 1. The molecule has 2 fully saturated rings. The lowest BCUT2D eigenvalue weighted by Crippen LogP contribution is -2.50. The van der Waals surface area contributed by atoms with Crippen LogP contribution in [0.2, 0.25) is 0 Å². The van der Waals surface area contributed by atoms with Crippen molar-refractivity contribution in [3.63, 3.8) is 0 Å². The van der Waals surface area contributed by atoms with Gasteiger partial charge < -0.3 is 10.2 Å². The van der Waals surface area contributed by atoms with Crippen molar-refractivity contribution in [3.05, 3.63) is 23.8 Å². The highest BCUT2D eigenvalue weighted by atomic mass is 32.2. The fraction of sp³-hybridized carbons (Fsp3) is 0.579. The number of hydrogen-bond donors (Lipinski definition) is 1. The van der Waals surface area contributed by atoms with Crippen LogP contribution in [0, 0.1) is 5.92 Å². The highest BCUT2D eigenvalue weighted by Gasteiger charge is 2.35. The van der Waals surface area contributed by atoms with Gasteiger partial charge in [-0.2, -0.15) is 0 Å². The van der Waals surface area contributed by atoms with Crippen molar-refractivity contribution in [2.24, 2.45) is 5.92 Å². The summed E-state index contributed by atoms with van der Waals surface area (Å²) in [7, 11) is -3.25. The molecular weight excluding hydrogens is 366 g/mol. The van der Waals surface area contributed by atoms with E-state index in [1.54, 1.807) is 23.1 Å². The average Bonchev–Trinajstić information content (AvgIpc) is 3.39. The number of amides is 3. The molecule has 0 radical (unpaired) electrons. The van der Waals surface area contributed by atoms with E-state index in [9.17, 15) is 18.0 Å². The summed E-state index contributed by atoms with van der Waals surface area (Å²) in [5, 5.41) is 3.08. The van der Waals surface area contributed by atoms with Gasteiger partial charge in [-0.15, -0.1) is 0 Å². The maximum atomic E-state index is 12.7. The van der Waals surface area contributed by atoms with Crippen LogP contribution < -0.4 is 10.2 Å². The van der Waals surface area contributed by atoms with E-state index in [-0.39, 0.29) is 28.8 Å². The Balaban J connectivity index is 1.36. The van der Waals surface area contributed by atoms with Crippen LogP contribution in [0.5, 0.6) is 0 Å². The number of sulfone groups is 1. The predicted molar refractivity (Wildman–Crippen MR) is 101 cm³/mol. The molecule has 1 saturated carbocycles. The molecule has 0 aromatic heterocycles. The third kappa shape index (κ3) is 3.81. The molecule has 0 unspecified atom stereocenters. The maximum Gasteiger partial charge on any atom is 0.322 e. The van der Waals surface area contributed by atoms with Crippen LogP contribution in [0.3, 0.4) is 0 Å². The second kappa shape index (κ2) is 6.82. The van der Waals surface area contributed by atoms with Crippen molar-refractivity contribution in [2.45, 2.75) is 43.0 Å². The third-order valence-corrected chi connectivity index (χ3v) is 6.79. The summed E-state index contributed by atoms with van der Waals surface area (Å²) in [4.78, 5) is 28.7. The van der Waals surface area contributed by atoms with E-state index in [4.69, 9.17) is 0 Å². The Hall–Kier alpha value is -2.09. The summed E-state index contributed by atoms with van der Waals surface area (Å²) in [6.45, 7) is 1.95. The molecule has 1 saturated heterocycles. The lowest BCUT2D eigenvalue weighted by molar-refractivity contribution is -0.133. The van der Waals surface area contributed by atoms with Gasteiger partial charge in [-0.25, -0.2) is 13.2 Å². The summed E-state index contributed by atoms with van der Waals surface area (Å²) in [5.41, 5.74) is 1.67. The Morgan fingerprint density at radius 3 is 2.41 bits per heavy atom. The van der Waals surface area contributed by atoms with Gasteiger partial charge in [-0.1, -0.05) is 0 Å². The molecule has 0 spiro atoms. The number of urea groups is 1. The first kappa shape index (κ1) is 18.3. The van der Waals surface area contributed by atoms with Gasteiger partial charge in [-0.3, -0.25) is 9.69 Å². The minimum absolute atomic E-state index is 0.0695. The number of likely N-dealkylation sites (tertiary alicyclic amines) is 1. The summed E-state index contributed by atoms with van der Waals surface area (Å²) in [5.74, 6) is 0.518.